The highest BCUT2D eigenvalue weighted by atomic mass is 35.5. The molecular weight excluding hydrogens is 394 g/mol. The van der Waals surface area contributed by atoms with E-state index in [1.165, 1.54) is 6.08 Å². The summed E-state index contributed by atoms with van der Waals surface area (Å²) in [6.07, 6.45) is 2.84. The maximum atomic E-state index is 12.0. The SMILES string of the molecule is CCOc1cc(/C=C/C(=O)OCC(=O)N[C@H](C)c2cccc(Cl)c2)ccc1OC. The molecule has 0 aromatic heterocycles. The summed E-state index contributed by atoms with van der Waals surface area (Å²) in [5.74, 6) is 0.170. The first-order valence-electron chi connectivity index (χ1n) is 9.13. The molecule has 0 aliphatic heterocycles. The lowest BCUT2D eigenvalue weighted by atomic mass is 10.1. The molecule has 154 valence electrons. The largest absolute Gasteiger partial charge is 0.493 e. The number of hydrogen-bond donors (Lipinski definition) is 1. The molecule has 0 heterocycles. The fourth-order valence-corrected chi connectivity index (χ4v) is 2.76. The number of benzene rings is 2. The van der Waals surface area contributed by atoms with Gasteiger partial charge in [0, 0.05) is 11.1 Å². The Hall–Kier alpha value is -2.99. The van der Waals surface area contributed by atoms with E-state index >= 15 is 0 Å². The minimum atomic E-state index is -0.621. The number of amides is 1. The second-order valence-corrected chi connectivity index (χ2v) is 6.56. The number of methoxy groups -OCH3 is 1. The fourth-order valence-electron chi connectivity index (χ4n) is 2.56. The highest BCUT2D eigenvalue weighted by molar-refractivity contribution is 6.30. The van der Waals surface area contributed by atoms with Crippen LogP contribution in [0.25, 0.3) is 6.08 Å². The number of carbonyl (C=O) groups is 2. The molecule has 0 spiro atoms. The van der Waals surface area contributed by atoms with E-state index in [0.717, 1.165) is 11.1 Å². The number of hydrogen-bond acceptors (Lipinski definition) is 5. The van der Waals surface area contributed by atoms with Crippen LogP contribution >= 0.6 is 11.6 Å². The topological polar surface area (TPSA) is 73.9 Å². The Kier molecular flexibility index (Phi) is 8.55. The minimum absolute atomic E-state index is 0.258. The van der Waals surface area contributed by atoms with Gasteiger partial charge >= 0.3 is 5.97 Å². The van der Waals surface area contributed by atoms with Crippen LogP contribution in [0, 0.1) is 0 Å². The van der Waals surface area contributed by atoms with Gasteiger partial charge in [-0.2, -0.15) is 0 Å². The van der Waals surface area contributed by atoms with Crippen molar-refractivity contribution >= 4 is 29.6 Å². The molecule has 2 rings (SSSR count). The smallest absolute Gasteiger partial charge is 0.331 e. The van der Waals surface area contributed by atoms with E-state index in [-0.39, 0.29) is 12.6 Å². The van der Waals surface area contributed by atoms with Gasteiger partial charge in [-0.05, 0) is 55.3 Å². The molecular formula is C22H24ClNO5. The molecule has 29 heavy (non-hydrogen) atoms. The lowest BCUT2D eigenvalue weighted by Crippen LogP contribution is -2.30. The molecule has 0 radical (unpaired) electrons. The second-order valence-electron chi connectivity index (χ2n) is 6.13. The fraction of sp³-hybridized carbons (Fsp3) is 0.273. The molecule has 0 aliphatic rings. The highest BCUT2D eigenvalue weighted by Crippen LogP contribution is 2.28. The summed E-state index contributed by atoms with van der Waals surface area (Å²) in [5.41, 5.74) is 1.60. The Bertz CT molecular complexity index is 881. The first kappa shape index (κ1) is 22.3. The molecule has 2 aromatic rings. The molecule has 0 saturated heterocycles. The monoisotopic (exact) mass is 417 g/mol. The summed E-state index contributed by atoms with van der Waals surface area (Å²) in [6, 6.07) is 12.2. The van der Waals surface area contributed by atoms with E-state index in [1.54, 1.807) is 49.6 Å². The van der Waals surface area contributed by atoms with E-state index in [1.807, 2.05) is 19.9 Å². The van der Waals surface area contributed by atoms with Gasteiger partial charge in [0.2, 0.25) is 0 Å². The Morgan fingerprint density at radius 2 is 1.97 bits per heavy atom. The summed E-state index contributed by atoms with van der Waals surface area (Å²) >= 11 is 5.95. The van der Waals surface area contributed by atoms with Crippen molar-refractivity contribution in [3.8, 4) is 11.5 Å². The molecule has 0 saturated carbocycles. The molecule has 1 atom stereocenters. The van der Waals surface area contributed by atoms with Gasteiger partial charge in [-0.15, -0.1) is 0 Å². The van der Waals surface area contributed by atoms with Crippen LogP contribution in [0.5, 0.6) is 11.5 Å². The summed E-state index contributed by atoms with van der Waals surface area (Å²) in [6.45, 7) is 3.82. The standard InChI is InChI=1S/C22H24ClNO5/c1-4-28-20-12-16(8-10-19(20)27-3)9-11-22(26)29-14-21(25)24-15(2)17-6-5-7-18(23)13-17/h5-13,15H,4,14H2,1-3H3,(H,24,25)/b11-9+/t15-/m1/s1. The normalized spacial score (nSPS) is 11.7. The van der Waals surface area contributed by atoms with Crippen LogP contribution in [0.3, 0.4) is 0 Å². The molecule has 1 amide bonds. The maximum Gasteiger partial charge on any atom is 0.331 e. The average Bonchev–Trinajstić information content (AvgIpc) is 2.71. The third kappa shape index (κ3) is 7.16. The summed E-state index contributed by atoms with van der Waals surface area (Å²) < 4.78 is 15.7. The lowest BCUT2D eigenvalue weighted by Gasteiger charge is -2.14. The third-order valence-electron chi connectivity index (χ3n) is 3.97. The third-order valence-corrected chi connectivity index (χ3v) is 4.21. The van der Waals surface area contributed by atoms with Crippen LogP contribution in [0.1, 0.15) is 31.0 Å². The van der Waals surface area contributed by atoms with Gasteiger partial charge in [0.05, 0.1) is 19.8 Å². The van der Waals surface area contributed by atoms with Crippen LogP contribution in [-0.4, -0.2) is 32.2 Å². The molecule has 0 fully saturated rings. The van der Waals surface area contributed by atoms with Crippen LogP contribution in [-0.2, 0) is 14.3 Å². The quantitative estimate of drug-likeness (QED) is 0.489. The molecule has 6 nitrogen and oxygen atoms in total. The van der Waals surface area contributed by atoms with Gasteiger partial charge in [-0.3, -0.25) is 4.79 Å². The predicted octanol–water partition coefficient (Wildman–Crippen LogP) is 4.18. The summed E-state index contributed by atoms with van der Waals surface area (Å²) in [4.78, 5) is 23.9. The maximum absolute atomic E-state index is 12.0. The van der Waals surface area contributed by atoms with Crippen LogP contribution < -0.4 is 14.8 Å². The number of esters is 1. The van der Waals surface area contributed by atoms with Gasteiger partial charge in [-0.1, -0.05) is 29.8 Å². The Morgan fingerprint density at radius 1 is 1.17 bits per heavy atom. The Morgan fingerprint density at radius 3 is 2.66 bits per heavy atom. The van der Waals surface area contributed by atoms with E-state index in [2.05, 4.69) is 5.32 Å². The summed E-state index contributed by atoms with van der Waals surface area (Å²) in [5, 5.41) is 3.35. The zero-order valence-corrected chi connectivity index (χ0v) is 17.4. The Labute approximate surface area is 175 Å². The van der Waals surface area contributed by atoms with E-state index in [4.69, 9.17) is 25.8 Å². The molecule has 1 N–H and O–H groups in total. The van der Waals surface area contributed by atoms with Crippen molar-refractivity contribution in [1.82, 2.24) is 5.32 Å². The van der Waals surface area contributed by atoms with E-state index in [9.17, 15) is 9.59 Å². The molecule has 0 unspecified atom stereocenters. The second kappa shape index (κ2) is 11.1. The Balaban J connectivity index is 1.86. The van der Waals surface area contributed by atoms with Gasteiger partial charge < -0.3 is 19.5 Å². The van der Waals surface area contributed by atoms with Crippen LogP contribution in [0.2, 0.25) is 5.02 Å². The summed E-state index contributed by atoms with van der Waals surface area (Å²) in [7, 11) is 1.56. The number of nitrogens with one attached hydrogen (secondary N) is 1. The highest BCUT2D eigenvalue weighted by Gasteiger charge is 2.11. The van der Waals surface area contributed by atoms with E-state index < -0.39 is 11.9 Å². The number of ether oxygens (including phenoxy) is 3. The zero-order chi connectivity index (χ0) is 21.2. The van der Waals surface area contributed by atoms with Crippen molar-refractivity contribution in [3.05, 3.63) is 64.7 Å². The number of rotatable bonds is 9. The molecule has 7 heteroatoms. The number of carbonyl (C=O) groups excluding carboxylic acids is 2. The van der Waals surface area contributed by atoms with Gasteiger partial charge in [0.25, 0.3) is 5.91 Å². The molecule has 2 aromatic carbocycles. The van der Waals surface area contributed by atoms with Crippen molar-refractivity contribution < 1.29 is 23.8 Å². The van der Waals surface area contributed by atoms with Gasteiger partial charge in [0.1, 0.15) is 0 Å². The van der Waals surface area contributed by atoms with E-state index in [0.29, 0.717) is 23.1 Å². The van der Waals surface area contributed by atoms with Crippen molar-refractivity contribution in [2.24, 2.45) is 0 Å². The van der Waals surface area contributed by atoms with Gasteiger partial charge in [0.15, 0.2) is 18.1 Å². The lowest BCUT2D eigenvalue weighted by molar-refractivity contribution is -0.144. The first-order chi connectivity index (χ1) is 13.9. The minimum Gasteiger partial charge on any atom is -0.493 e. The average molecular weight is 418 g/mol. The number of halogens is 1. The van der Waals surface area contributed by atoms with Crippen molar-refractivity contribution in [1.29, 1.82) is 0 Å². The van der Waals surface area contributed by atoms with Crippen molar-refractivity contribution in [2.75, 3.05) is 20.3 Å². The van der Waals surface area contributed by atoms with Crippen LogP contribution in [0.15, 0.2) is 48.5 Å². The molecule has 0 aliphatic carbocycles. The molecule has 0 bridgehead atoms. The predicted molar refractivity (Wildman–Crippen MR) is 112 cm³/mol. The first-order valence-corrected chi connectivity index (χ1v) is 9.51. The van der Waals surface area contributed by atoms with Crippen LogP contribution in [0.4, 0.5) is 0 Å². The van der Waals surface area contributed by atoms with Crippen molar-refractivity contribution in [2.45, 2.75) is 19.9 Å². The van der Waals surface area contributed by atoms with Crippen molar-refractivity contribution in [3.63, 3.8) is 0 Å². The van der Waals surface area contributed by atoms with Gasteiger partial charge in [-0.25, -0.2) is 4.79 Å². The zero-order valence-electron chi connectivity index (χ0n) is 16.6.